The van der Waals surface area contributed by atoms with Gasteiger partial charge in [-0.05, 0) is 77.9 Å². The summed E-state index contributed by atoms with van der Waals surface area (Å²) in [6, 6.07) is 25.5. The van der Waals surface area contributed by atoms with E-state index in [1.807, 2.05) is 18.2 Å². The number of hydrogen-bond donors (Lipinski definition) is 2. The Bertz CT molecular complexity index is 1890. The van der Waals surface area contributed by atoms with Crippen LogP contribution in [0.15, 0.2) is 120 Å². The number of ether oxygens (including phenoxy) is 1. The van der Waals surface area contributed by atoms with E-state index in [1.165, 1.54) is 36.5 Å². The molecule has 1 aromatic heterocycles. The number of hydrogen-bond acceptors (Lipinski definition) is 4. The zero-order chi connectivity index (χ0) is 32.1. The lowest BCUT2D eigenvalue weighted by atomic mass is 10.0. The van der Waals surface area contributed by atoms with Crippen molar-refractivity contribution in [1.82, 2.24) is 4.57 Å². The van der Waals surface area contributed by atoms with Crippen molar-refractivity contribution in [2.24, 2.45) is 0 Å². The molecule has 7 nitrogen and oxygen atoms in total. The lowest BCUT2D eigenvalue weighted by Crippen LogP contribution is -2.33. The van der Waals surface area contributed by atoms with Crippen LogP contribution in [0.1, 0.15) is 27.5 Å². The highest BCUT2D eigenvalue weighted by molar-refractivity contribution is 6.30. The molecule has 0 radical (unpaired) electrons. The number of para-hydroxylation sites is 1. The second kappa shape index (κ2) is 13.1. The Kier molecular flexibility index (Phi) is 9.06. The lowest BCUT2D eigenvalue weighted by molar-refractivity contribution is -0.141. The van der Waals surface area contributed by atoms with E-state index in [-0.39, 0.29) is 28.8 Å². The third-order valence-electron chi connectivity index (χ3n) is 6.87. The Hall–Kier alpha value is -5.35. The van der Waals surface area contributed by atoms with Gasteiger partial charge >= 0.3 is 12.1 Å². The van der Waals surface area contributed by atoms with E-state index in [2.05, 4.69) is 5.32 Å². The number of carbonyl (C=O) groups excluding carboxylic acids is 1. The molecule has 0 spiro atoms. The summed E-state index contributed by atoms with van der Waals surface area (Å²) in [5.41, 5.74) is -1.26. The highest BCUT2D eigenvalue weighted by Crippen LogP contribution is 2.33. The summed E-state index contributed by atoms with van der Waals surface area (Å²) in [6.07, 6.45) is -3.61. The third-order valence-corrected chi connectivity index (χ3v) is 7.12. The van der Waals surface area contributed by atoms with Crippen LogP contribution in [-0.2, 0) is 17.4 Å². The Morgan fingerprint density at radius 2 is 1.51 bits per heavy atom. The molecule has 0 aliphatic heterocycles. The van der Waals surface area contributed by atoms with Crippen molar-refractivity contribution in [1.29, 1.82) is 0 Å². The third kappa shape index (κ3) is 7.60. The maximum absolute atomic E-state index is 13.7. The highest BCUT2D eigenvalue weighted by Gasteiger charge is 2.31. The molecule has 5 rings (SSSR count). The molecule has 45 heavy (non-hydrogen) atoms. The normalized spacial score (nSPS) is 11.9. The molecule has 228 valence electrons. The molecular weight excluding hydrogens is 609 g/mol. The van der Waals surface area contributed by atoms with E-state index in [4.69, 9.17) is 16.3 Å². The minimum atomic E-state index is -4.64. The van der Waals surface area contributed by atoms with Crippen LogP contribution in [0.3, 0.4) is 0 Å². The number of nitrogens with one attached hydrogen (secondary N) is 1. The van der Waals surface area contributed by atoms with E-state index >= 15 is 0 Å². The zero-order valence-corrected chi connectivity index (χ0v) is 24.0. The van der Waals surface area contributed by atoms with Crippen molar-refractivity contribution in [3.63, 3.8) is 0 Å². The molecule has 1 heterocycles. The number of carbonyl (C=O) groups is 2. The molecule has 5 aromatic rings. The lowest BCUT2D eigenvalue weighted by Gasteiger charge is -2.19. The first kappa shape index (κ1) is 31.1. The second-order valence-corrected chi connectivity index (χ2v) is 10.4. The van der Waals surface area contributed by atoms with Crippen LogP contribution in [0.2, 0.25) is 5.02 Å². The smallest absolute Gasteiger partial charge is 0.416 e. The van der Waals surface area contributed by atoms with Crippen LogP contribution in [0, 0.1) is 0 Å². The summed E-state index contributed by atoms with van der Waals surface area (Å²) in [5, 5.41) is 13.1. The van der Waals surface area contributed by atoms with Gasteiger partial charge in [0.05, 0.1) is 5.56 Å². The van der Waals surface area contributed by atoms with E-state index in [1.54, 1.807) is 48.5 Å². The number of amides is 1. The summed E-state index contributed by atoms with van der Waals surface area (Å²) >= 11 is 5.95. The highest BCUT2D eigenvalue weighted by atomic mass is 35.5. The van der Waals surface area contributed by atoms with Gasteiger partial charge < -0.3 is 15.2 Å². The van der Waals surface area contributed by atoms with Crippen LogP contribution < -0.4 is 15.6 Å². The van der Waals surface area contributed by atoms with Gasteiger partial charge in [-0.1, -0.05) is 54.1 Å². The topological polar surface area (TPSA) is 97.6 Å². The van der Waals surface area contributed by atoms with Gasteiger partial charge in [-0.3, -0.25) is 14.2 Å². The molecule has 0 saturated carbocycles. The number of anilines is 1. The van der Waals surface area contributed by atoms with E-state index in [0.29, 0.717) is 22.1 Å². The molecule has 1 atom stereocenters. The number of aliphatic carboxylic acids is 1. The average Bonchev–Trinajstić information content (AvgIpc) is 3.02. The number of halogens is 4. The number of carboxylic acid groups (broad SMARTS) is 1. The van der Waals surface area contributed by atoms with E-state index < -0.39 is 35.2 Å². The maximum Gasteiger partial charge on any atom is 0.416 e. The Morgan fingerprint density at radius 3 is 2.16 bits per heavy atom. The number of alkyl halides is 3. The van der Waals surface area contributed by atoms with Crippen LogP contribution in [0.25, 0.3) is 11.1 Å². The number of pyridine rings is 1. The Labute approximate surface area is 260 Å². The van der Waals surface area contributed by atoms with Gasteiger partial charge in [0.25, 0.3) is 11.5 Å². The predicted octanol–water partition coefficient (Wildman–Crippen LogP) is 8.10. The van der Waals surface area contributed by atoms with Gasteiger partial charge in [0.15, 0.2) is 0 Å². The number of carboxylic acids is 1. The zero-order valence-electron chi connectivity index (χ0n) is 23.3. The fourth-order valence-corrected chi connectivity index (χ4v) is 4.72. The van der Waals surface area contributed by atoms with Crippen molar-refractivity contribution in [3.8, 4) is 22.6 Å². The average molecular weight is 633 g/mol. The van der Waals surface area contributed by atoms with Crippen molar-refractivity contribution >= 4 is 29.2 Å². The molecule has 0 saturated heterocycles. The van der Waals surface area contributed by atoms with Gasteiger partial charge in [0.1, 0.15) is 23.2 Å². The van der Waals surface area contributed by atoms with Gasteiger partial charge in [0, 0.05) is 28.8 Å². The second-order valence-electron chi connectivity index (χ2n) is 10.0. The first-order valence-corrected chi connectivity index (χ1v) is 13.9. The fourth-order valence-electron chi connectivity index (χ4n) is 4.60. The molecule has 1 unspecified atom stereocenters. The number of nitrogens with zero attached hydrogens (tertiary/aromatic N) is 1. The van der Waals surface area contributed by atoms with Gasteiger partial charge in [-0.15, -0.1) is 0 Å². The molecule has 0 fully saturated rings. The minimum Gasteiger partial charge on any atom is -0.480 e. The van der Waals surface area contributed by atoms with Crippen molar-refractivity contribution in [2.45, 2.75) is 18.6 Å². The summed E-state index contributed by atoms with van der Waals surface area (Å²) in [6.45, 7) is 0. The summed E-state index contributed by atoms with van der Waals surface area (Å²) in [4.78, 5) is 39.3. The summed E-state index contributed by atoms with van der Waals surface area (Å²) in [7, 11) is 0. The molecule has 0 aliphatic rings. The first-order valence-electron chi connectivity index (χ1n) is 13.5. The van der Waals surface area contributed by atoms with Crippen LogP contribution in [0.4, 0.5) is 18.9 Å². The Morgan fingerprint density at radius 1 is 0.844 bits per heavy atom. The van der Waals surface area contributed by atoms with Crippen LogP contribution in [-0.4, -0.2) is 21.6 Å². The van der Waals surface area contributed by atoms with E-state index in [0.717, 1.165) is 16.7 Å². The van der Waals surface area contributed by atoms with Crippen molar-refractivity contribution < 1.29 is 32.6 Å². The molecule has 1 amide bonds. The van der Waals surface area contributed by atoms with Gasteiger partial charge in [0.2, 0.25) is 0 Å². The van der Waals surface area contributed by atoms with Gasteiger partial charge in [-0.2, -0.15) is 13.2 Å². The molecule has 2 N–H and O–H groups in total. The fraction of sp³-hybridized carbons (Fsp3) is 0.0882. The molecule has 4 aromatic carbocycles. The monoisotopic (exact) mass is 632 g/mol. The van der Waals surface area contributed by atoms with Crippen LogP contribution in [0.5, 0.6) is 11.5 Å². The first-order chi connectivity index (χ1) is 21.5. The molecule has 0 aliphatic carbocycles. The summed E-state index contributed by atoms with van der Waals surface area (Å²) < 4.78 is 47.2. The molecule has 0 bridgehead atoms. The molecular formula is C34H24ClF3N2O5. The molecule has 11 heteroatoms. The van der Waals surface area contributed by atoms with E-state index in [9.17, 15) is 32.7 Å². The van der Waals surface area contributed by atoms with Crippen molar-refractivity contribution in [2.75, 3.05) is 5.32 Å². The summed E-state index contributed by atoms with van der Waals surface area (Å²) in [5.74, 6) is -1.01. The van der Waals surface area contributed by atoms with Crippen LogP contribution >= 0.6 is 11.6 Å². The predicted molar refractivity (Wildman–Crippen MR) is 164 cm³/mol. The maximum atomic E-state index is 13.7. The number of rotatable bonds is 9. The minimum absolute atomic E-state index is 0.0621. The quantitative estimate of drug-likeness (QED) is 0.171. The van der Waals surface area contributed by atoms with Crippen molar-refractivity contribution in [3.05, 3.63) is 147 Å². The number of benzene rings is 4. The number of aromatic nitrogens is 1. The Balaban J connectivity index is 1.52. The largest absolute Gasteiger partial charge is 0.480 e. The standard InChI is InChI=1S/C34H24ClF3N2O5/c35-26-13-9-21(10-14-26)17-30(33(43)44)40-20-24(23-5-4-6-25(18-23)34(36,37)38)19-29(32(40)42)39-31(41)22-11-15-28(16-12-22)45-27-7-2-1-3-8-27/h1-16,18-20,30H,17H2,(H,39,41)(H,43,44). The SMILES string of the molecule is O=C(Nc1cc(-c2cccc(C(F)(F)F)c2)cn(C(Cc2ccc(Cl)cc2)C(=O)O)c1=O)c1ccc(Oc2ccccc2)cc1. The van der Waals surface area contributed by atoms with Gasteiger partial charge in [-0.25, -0.2) is 4.79 Å².